The highest BCUT2D eigenvalue weighted by atomic mass is 35.5. The number of rotatable bonds is 2. The predicted molar refractivity (Wildman–Crippen MR) is 79.4 cm³/mol. The van der Waals surface area contributed by atoms with Crippen molar-refractivity contribution in [3.05, 3.63) is 58.9 Å². The van der Waals surface area contributed by atoms with Crippen LogP contribution in [0.2, 0.25) is 5.02 Å². The Hall–Kier alpha value is -2.07. The van der Waals surface area contributed by atoms with E-state index in [1.807, 2.05) is 17.6 Å². The van der Waals surface area contributed by atoms with E-state index in [2.05, 4.69) is 4.98 Å². The van der Waals surface area contributed by atoms with Crippen molar-refractivity contribution in [2.24, 2.45) is 0 Å². The SMILES string of the molecule is CC(c1ccccc1F)n1c(N)nc2cc(Cl)ccc21. The van der Waals surface area contributed by atoms with Gasteiger partial charge in [0.1, 0.15) is 5.82 Å². The van der Waals surface area contributed by atoms with Crippen LogP contribution in [0.5, 0.6) is 0 Å². The van der Waals surface area contributed by atoms with Crippen molar-refractivity contribution < 1.29 is 4.39 Å². The highest BCUT2D eigenvalue weighted by Crippen LogP contribution is 2.29. The molecule has 1 unspecified atom stereocenters. The third kappa shape index (κ3) is 2.02. The number of benzene rings is 2. The van der Waals surface area contributed by atoms with E-state index >= 15 is 0 Å². The number of halogens is 2. The van der Waals surface area contributed by atoms with Crippen LogP contribution in [0.25, 0.3) is 11.0 Å². The van der Waals surface area contributed by atoms with Crippen molar-refractivity contribution in [1.82, 2.24) is 9.55 Å². The van der Waals surface area contributed by atoms with Gasteiger partial charge in [-0.2, -0.15) is 0 Å². The van der Waals surface area contributed by atoms with Gasteiger partial charge in [0.15, 0.2) is 0 Å². The van der Waals surface area contributed by atoms with Crippen LogP contribution in [-0.2, 0) is 0 Å². The maximum Gasteiger partial charge on any atom is 0.201 e. The average molecular weight is 290 g/mol. The topological polar surface area (TPSA) is 43.8 Å². The van der Waals surface area contributed by atoms with E-state index in [-0.39, 0.29) is 11.9 Å². The second kappa shape index (κ2) is 4.80. The van der Waals surface area contributed by atoms with Crippen molar-refractivity contribution in [2.75, 3.05) is 5.73 Å². The van der Waals surface area contributed by atoms with Crippen LogP contribution in [0.1, 0.15) is 18.5 Å². The highest BCUT2D eigenvalue weighted by molar-refractivity contribution is 6.31. The maximum atomic E-state index is 13.9. The highest BCUT2D eigenvalue weighted by Gasteiger charge is 2.18. The third-order valence-electron chi connectivity index (χ3n) is 3.42. The third-order valence-corrected chi connectivity index (χ3v) is 3.66. The van der Waals surface area contributed by atoms with Gasteiger partial charge in [0.25, 0.3) is 0 Å². The molecule has 20 heavy (non-hydrogen) atoms. The molecule has 0 aliphatic heterocycles. The van der Waals surface area contributed by atoms with Gasteiger partial charge >= 0.3 is 0 Å². The first-order chi connectivity index (χ1) is 9.58. The number of nitrogen functional groups attached to an aromatic ring is 1. The van der Waals surface area contributed by atoms with Gasteiger partial charge in [-0.3, -0.25) is 0 Å². The summed E-state index contributed by atoms with van der Waals surface area (Å²) >= 11 is 5.95. The molecule has 0 aliphatic rings. The molecule has 3 aromatic rings. The van der Waals surface area contributed by atoms with Crippen LogP contribution in [0.3, 0.4) is 0 Å². The molecule has 102 valence electrons. The van der Waals surface area contributed by atoms with E-state index < -0.39 is 0 Å². The molecule has 1 aromatic heterocycles. The number of aromatic nitrogens is 2. The molecular weight excluding hydrogens is 277 g/mol. The van der Waals surface area contributed by atoms with E-state index in [4.69, 9.17) is 17.3 Å². The fourth-order valence-electron chi connectivity index (χ4n) is 2.45. The minimum atomic E-state index is -0.254. The molecular formula is C15H13ClFN3. The molecule has 2 N–H and O–H groups in total. The lowest BCUT2D eigenvalue weighted by atomic mass is 10.1. The van der Waals surface area contributed by atoms with E-state index in [0.717, 1.165) is 5.52 Å². The lowest BCUT2D eigenvalue weighted by molar-refractivity contribution is 0.567. The zero-order valence-electron chi connectivity index (χ0n) is 10.8. The van der Waals surface area contributed by atoms with E-state index in [9.17, 15) is 4.39 Å². The van der Waals surface area contributed by atoms with Crippen LogP contribution in [0, 0.1) is 5.82 Å². The second-order valence-electron chi connectivity index (χ2n) is 4.67. The summed E-state index contributed by atoms with van der Waals surface area (Å²) in [6, 6.07) is 11.8. The van der Waals surface area contributed by atoms with Gasteiger partial charge in [-0.15, -0.1) is 0 Å². The second-order valence-corrected chi connectivity index (χ2v) is 5.11. The fraction of sp³-hybridized carbons (Fsp3) is 0.133. The molecule has 3 rings (SSSR count). The first-order valence-corrected chi connectivity index (χ1v) is 6.63. The number of nitrogens with zero attached hydrogens (tertiary/aromatic N) is 2. The zero-order valence-corrected chi connectivity index (χ0v) is 11.6. The number of anilines is 1. The Balaban J connectivity index is 2.19. The Morgan fingerprint density at radius 2 is 2.00 bits per heavy atom. The molecule has 1 atom stereocenters. The molecule has 5 heteroatoms. The monoisotopic (exact) mass is 289 g/mol. The quantitative estimate of drug-likeness (QED) is 0.774. The molecule has 0 aliphatic carbocycles. The van der Waals surface area contributed by atoms with E-state index in [0.29, 0.717) is 22.1 Å². The number of hydrogen-bond donors (Lipinski definition) is 1. The summed E-state index contributed by atoms with van der Waals surface area (Å²) in [6.45, 7) is 1.89. The van der Waals surface area contributed by atoms with Crippen molar-refractivity contribution >= 4 is 28.6 Å². The van der Waals surface area contributed by atoms with Gasteiger partial charge in [0.05, 0.1) is 17.1 Å². The van der Waals surface area contributed by atoms with Crippen molar-refractivity contribution in [3.63, 3.8) is 0 Å². The first-order valence-electron chi connectivity index (χ1n) is 6.25. The number of nitrogens with two attached hydrogens (primary N) is 1. The molecule has 0 saturated carbocycles. The van der Waals surface area contributed by atoms with Gasteiger partial charge in [0, 0.05) is 10.6 Å². The average Bonchev–Trinajstić information content (AvgIpc) is 2.73. The molecule has 0 fully saturated rings. The van der Waals surface area contributed by atoms with E-state index in [1.165, 1.54) is 6.07 Å². The number of fused-ring (bicyclic) bond motifs is 1. The molecule has 0 spiro atoms. The largest absolute Gasteiger partial charge is 0.369 e. The van der Waals surface area contributed by atoms with E-state index in [1.54, 1.807) is 30.3 Å². The summed E-state index contributed by atoms with van der Waals surface area (Å²) < 4.78 is 15.7. The molecule has 2 aromatic carbocycles. The van der Waals surface area contributed by atoms with Gasteiger partial charge in [0.2, 0.25) is 5.95 Å². The fourth-order valence-corrected chi connectivity index (χ4v) is 2.62. The van der Waals surface area contributed by atoms with Gasteiger partial charge < -0.3 is 10.3 Å². The Morgan fingerprint density at radius 3 is 2.75 bits per heavy atom. The summed E-state index contributed by atoms with van der Waals surface area (Å²) in [5, 5.41) is 0.598. The van der Waals surface area contributed by atoms with Gasteiger partial charge in [-0.05, 0) is 31.2 Å². The Morgan fingerprint density at radius 1 is 1.25 bits per heavy atom. The summed E-state index contributed by atoms with van der Waals surface area (Å²) in [5.41, 5.74) is 8.10. The van der Waals surface area contributed by atoms with Crippen molar-refractivity contribution in [3.8, 4) is 0 Å². The summed E-state index contributed by atoms with van der Waals surface area (Å²) in [5.74, 6) is 0.0910. The van der Waals surface area contributed by atoms with Crippen LogP contribution < -0.4 is 5.73 Å². The Kier molecular flexibility index (Phi) is 3.10. The molecule has 0 bridgehead atoms. The Bertz CT molecular complexity index is 782. The minimum absolute atomic E-state index is 0.248. The standard InChI is InChI=1S/C15H13ClFN3/c1-9(11-4-2-3-5-12(11)17)20-14-7-6-10(16)8-13(14)19-15(20)18/h2-9H,1H3,(H2,18,19). The van der Waals surface area contributed by atoms with Crippen LogP contribution >= 0.6 is 11.6 Å². The minimum Gasteiger partial charge on any atom is -0.369 e. The molecule has 0 saturated heterocycles. The molecule has 0 radical (unpaired) electrons. The zero-order chi connectivity index (χ0) is 14.3. The number of hydrogen-bond acceptors (Lipinski definition) is 2. The normalized spacial score (nSPS) is 12.8. The van der Waals surface area contributed by atoms with Gasteiger partial charge in [-0.25, -0.2) is 9.37 Å². The van der Waals surface area contributed by atoms with Crippen molar-refractivity contribution in [1.29, 1.82) is 0 Å². The van der Waals surface area contributed by atoms with Crippen molar-refractivity contribution in [2.45, 2.75) is 13.0 Å². The smallest absolute Gasteiger partial charge is 0.201 e. The number of imidazole rings is 1. The lowest BCUT2D eigenvalue weighted by Crippen LogP contribution is -2.11. The molecule has 3 nitrogen and oxygen atoms in total. The van der Waals surface area contributed by atoms with Gasteiger partial charge in [-0.1, -0.05) is 29.8 Å². The van der Waals surface area contributed by atoms with Crippen LogP contribution in [-0.4, -0.2) is 9.55 Å². The lowest BCUT2D eigenvalue weighted by Gasteiger charge is -2.17. The predicted octanol–water partition coefficient (Wildman–Crippen LogP) is 4.02. The summed E-state index contributed by atoms with van der Waals surface area (Å²) in [6.07, 6.45) is 0. The maximum absolute atomic E-state index is 13.9. The van der Waals surface area contributed by atoms with Crippen LogP contribution in [0.15, 0.2) is 42.5 Å². The molecule has 0 amide bonds. The van der Waals surface area contributed by atoms with Crippen LogP contribution in [0.4, 0.5) is 10.3 Å². The summed E-state index contributed by atoms with van der Waals surface area (Å²) in [4.78, 5) is 4.28. The first kappa shape index (κ1) is 12.9. The Labute approximate surface area is 120 Å². The summed E-state index contributed by atoms with van der Waals surface area (Å²) in [7, 11) is 0. The molecule has 1 heterocycles.